The maximum absolute atomic E-state index is 12.8. The molecule has 0 spiro atoms. The molecule has 1 aromatic carbocycles. The summed E-state index contributed by atoms with van der Waals surface area (Å²) in [6.45, 7) is 8.89. The van der Waals surface area contributed by atoms with Gasteiger partial charge in [-0.05, 0) is 68.3 Å². The largest absolute Gasteiger partial charge is 0.313 e. The van der Waals surface area contributed by atoms with Crippen LogP contribution >= 0.6 is 22.7 Å². The lowest BCUT2D eigenvalue weighted by Gasteiger charge is -2.37. The Bertz CT molecular complexity index is 954. The second kappa shape index (κ2) is 8.82. The second-order valence-corrected chi connectivity index (χ2v) is 10.2. The molecule has 4 rings (SSSR count). The number of likely N-dealkylation sites (tertiary alicyclic amines) is 1. The van der Waals surface area contributed by atoms with Crippen LogP contribution in [0.4, 0.5) is 5.00 Å². The minimum absolute atomic E-state index is 0.0124. The van der Waals surface area contributed by atoms with E-state index in [9.17, 15) is 4.79 Å². The maximum atomic E-state index is 12.8. The van der Waals surface area contributed by atoms with Gasteiger partial charge in [-0.25, -0.2) is 0 Å². The highest BCUT2D eigenvalue weighted by molar-refractivity contribution is 7.17. The molecule has 1 fully saturated rings. The van der Waals surface area contributed by atoms with Crippen LogP contribution < -0.4 is 5.32 Å². The number of hydrogen-bond donors (Lipinski definition) is 1. The van der Waals surface area contributed by atoms with Crippen molar-refractivity contribution < 1.29 is 4.79 Å². The van der Waals surface area contributed by atoms with Crippen molar-refractivity contribution in [2.45, 2.75) is 39.7 Å². The van der Waals surface area contributed by atoms with Crippen molar-refractivity contribution in [3.63, 3.8) is 0 Å². The fourth-order valence-electron chi connectivity index (χ4n) is 4.12. The van der Waals surface area contributed by atoms with Gasteiger partial charge >= 0.3 is 0 Å². The van der Waals surface area contributed by atoms with Crippen LogP contribution in [0.25, 0.3) is 0 Å². The van der Waals surface area contributed by atoms with Crippen molar-refractivity contribution in [1.29, 1.82) is 0 Å². The molecule has 0 radical (unpaired) electrons. The van der Waals surface area contributed by atoms with Crippen molar-refractivity contribution in [2.24, 2.45) is 5.92 Å². The molecule has 152 valence electrons. The third kappa shape index (κ3) is 4.32. The first-order valence-electron chi connectivity index (χ1n) is 10.3. The Labute approximate surface area is 181 Å². The van der Waals surface area contributed by atoms with Crippen LogP contribution in [-0.2, 0) is 0 Å². The Kier molecular flexibility index (Phi) is 6.18. The van der Waals surface area contributed by atoms with E-state index in [2.05, 4.69) is 61.3 Å². The zero-order valence-corrected chi connectivity index (χ0v) is 18.9. The minimum Gasteiger partial charge on any atom is -0.313 e. The first kappa shape index (κ1) is 20.3. The van der Waals surface area contributed by atoms with Gasteiger partial charge in [0, 0.05) is 10.4 Å². The summed E-state index contributed by atoms with van der Waals surface area (Å²) in [5, 5.41) is 6.17. The number of nitrogens with zero attached hydrogens (tertiary/aromatic N) is 1. The third-order valence-electron chi connectivity index (χ3n) is 5.98. The molecule has 29 heavy (non-hydrogen) atoms. The fourth-order valence-corrected chi connectivity index (χ4v) is 5.83. The van der Waals surface area contributed by atoms with E-state index in [0.29, 0.717) is 0 Å². The average Bonchev–Trinajstić information content (AvgIpc) is 3.35. The van der Waals surface area contributed by atoms with Gasteiger partial charge in [0.25, 0.3) is 5.91 Å². The fraction of sp³-hybridized carbons (Fsp3) is 0.375. The molecular weight excluding hydrogens is 396 g/mol. The summed E-state index contributed by atoms with van der Waals surface area (Å²) in [4.78, 5) is 17.4. The summed E-state index contributed by atoms with van der Waals surface area (Å²) in [6, 6.07) is 14.7. The van der Waals surface area contributed by atoms with Gasteiger partial charge in [0.15, 0.2) is 0 Å². The van der Waals surface area contributed by atoms with Crippen LogP contribution in [0.15, 0.2) is 47.8 Å². The number of thiophene rings is 2. The first-order chi connectivity index (χ1) is 14.0. The molecule has 1 atom stereocenters. The van der Waals surface area contributed by atoms with Gasteiger partial charge in [-0.1, -0.05) is 43.3 Å². The molecule has 3 nitrogen and oxygen atoms in total. The highest BCUT2D eigenvalue weighted by atomic mass is 32.1. The lowest BCUT2D eigenvalue weighted by atomic mass is 9.91. The van der Waals surface area contributed by atoms with E-state index >= 15 is 0 Å². The molecule has 1 N–H and O–H groups in total. The van der Waals surface area contributed by atoms with Gasteiger partial charge in [0.2, 0.25) is 0 Å². The van der Waals surface area contributed by atoms with Crippen LogP contribution in [0, 0.1) is 19.8 Å². The minimum atomic E-state index is -0.0124. The van der Waals surface area contributed by atoms with Crippen LogP contribution in [0.5, 0.6) is 0 Å². The molecule has 1 unspecified atom stereocenters. The summed E-state index contributed by atoms with van der Waals surface area (Å²) < 4.78 is 0. The summed E-state index contributed by atoms with van der Waals surface area (Å²) in [5.74, 6) is 0.771. The molecule has 1 amide bonds. The van der Waals surface area contributed by atoms with E-state index in [1.54, 1.807) is 11.3 Å². The number of carbonyl (C=O) groups excluding carboxylic acids is 1. The summed E-state index contributed by atoms with van der Waals surface area (Å²) in [5.41, 5.74) is 3.86. The first-order valence-corrected chi connectivity index (χ1v) is 12.0. The van der Waals surface area contributed by atoms with Crippen molar-refractivity contribution >= 4 is 33.6 Å². The third-order valence-corrected chi connectivity index (χ3v) is 7.98. The van der Waals surface area contributed by atoms with Gasteiger partial charge in [0.05, 0.1) is 10.9 Å². The average molecular weight is 425 g/mol. The molecule has 1 aliphatic rings. The van der Waals surface area contributed by atoms with Gasteiger partial charge in [-0.3, -0.25) is 9.69 Å². The standard InChI is InChI=1S/C24H28N2OS2/c1-16-11-13-26(14-12-16)22(19-8-5-4-6-9-19)21-17(2)18(3)29-24(21)25-23(27)20-10-7-15-28-20/h4-10,15-16,22H,11-14H2,1-3H3,(H,25,27). The Hall–Kier alpha value is -1.95. The number of carbonyl (C=O) groups is 1. The zero-order valence-electron chi connectivity index (χ0n) is 17.3. The SMILES string of the molecule is Cc1sc(NC(=O)c2cccs2)c(C(c2ccccc2)N2CCC(C)CC2)c1C. The number of hydrogen-bond acceptors (Lipinski definition) is 4. The Morgan fingerprint density at radius 3 is 2.48 bits per heavy atom. The molecule has 0 saturated carbocycles. The Morgan fingerprint density at radius 2 is 1.83 bits per heavy atom. The lowest BCUT2D eigenvalue weighted by Crippen LogP contribution is -2.37. The molecule has 3 heterocycles. The number of benzene rings is 1. The van der Waals surface area contributed by atoms with E-state index in [1.807, 2.05) is 17.5 Å². The monoisotopic (exact) mass is 424 g/mol. The summed E-state index contributed by atoms with van der Waals surface area (Å²) >= 11 is 3.18. The van der Waals surface area contributed by atoms with Crippen molar-refractivity contribution in [1.82, 2.24) is 4.90 Å². The highest BCUT2D eigenvalue weighted by Crippen LogP contribution is 2.43. The molecule has 2 aromatic heterocycles. The summed E-state index contributed by atoms with van der Waals surface area (Å²) in [6.07, 6.45) is 2.45. The number of aryl methyl sites for hydroxylation is 1. The number of anilines is 1. The van der Waals surface area contributed by atoms with Crippen molar-refractivity contribution in [3.8, 4) is 0 Å². The summed E-state index contributed by atoms with van der Waals surface area (Å²) in [7, 11) is 0. The Morgan fingerprint density at radius 1 is 1.10 bits per heavy atom. The van der Waals surface area contributed by atoms with E-state index in [0.717, 1.165) is 28.9 Å². The smallest absolute Gasteiger partial charge is 0.266 e. The van der Waals surface area contributed by atoms with Crippen molar-refractivity contribution in [3.05, 3.63) is 74.3 Å². The zero-order chi connectivity index (χ0) is 20.4. The lowest BCUT2D eigenvalue weighted by molar-refractivity contribution is 0.103. The van der Waals surface area contributed by atoms with E-state index in [4.69, 9.17) is 0 Å². The molecule has 0 aliphatic carbocycles. The topological polar surface area (TPSA) is 32.3 Å². The number of amides is 1. The number of nitrogens with one attached hydrogen (secondary N) is 1. The number of piperidine rings is 1. The van der Waals surface area contributed by atoms with Crippen LogP contribution in [-0.4, -0.2) is 23.9 Å². The molecule has 5 heteroatoms. The second-order valence-electron chi connectivity index (χ2n) is 7.99. The van der Waals surface area contributed by atoms with Gasteiger partial charge in [-0.2, -0.15) is 0 Å². The van der Waals surface area contributed by atoms with Crippen LogP contribution in [0.2, 0.25) is 0 Å². The Balaban J connectivity index is 1.75. The number of rotatable bonds is 5. The highest BCUT2D eigenvalue weighted by Gasteiger charge is 2.31. The quantitative estimate of drug-likeness (QED) is 0.507. The molecule has 3 aromatic rings. The molecule has 0 bridgehead atoms. The molecule has 1 aliphatic heterocycles. The van der Waals surface area contributed by atoms with Crippen molar-refractivity contribution in [2.75, 3.05) is 18.4 Å². The predicted molar refractivity (Wildman–Crippen MR) is 124 cm³/mol. The van der Waals surface area contributed by atoms with Gasteiger partial charge in [-0.15, -0.1) is 22.7 Å². The molecular formula is C24H28N2OS2. The van der Waals surface area contributed by atoms with E-state index in [1.165, 1.54) is 45.7 Å². The molecule has 1 saturated heterocycles. The van der Waals surface area contributed by atoms with Gasteiger partial charge in [0.1, 0.15) is 5.00 Å². The van der Waals surface area contributed by atoms with E-state index in [-0.39, 0.29) is 11.9 Å². The van der Waals surface area contributed by atoms with Gasteiger partial charge < -0.3 is 5.32 Å². The van der Waals surface area contributed by atoms with Crippen LogP contribution in [0.3, 0.4) is 0 Å². The van der Waals surface area contributed by atoms with Crippen LogP contribution in [0.1, 0.15) is 57.0 Å². The van der Waals surface area contributed by atoms with E-state index < -0.39 is 0 Å². The maximum Gasteiger partial charge on any atom is 0.266 e. The predicted octanol–water partition coefficient (Wildman–Crippen LogP) is 6.50. The normalized spacial score (nSPS) is 16.7.